The normalized spacial score (nSPS) is 24.2. The Morgan fingerprint density at radius 3 is 2.65 bits per heavy atom. The van der Waals surface area contributed by atoms with Crippen molar-refractivity contribution in [2.24, 2.45) is 0 Å². The lowest BCUT2D eigenvalue weighted by Gasteiger charge is -2.27. The summed E-state index contributed by atoms with van der Waals surface area (Å²) in [5, 5.41) is 6.09. The third kappa shape index (κ3) is 3.70. The molecule has 1 saturated heterocycles. The molecule has 0 unspecified atom stereocenters. The Morgan fingerprint density at radius 2 is 2.06 bits per heavy atom. The second-order valence-electron chi connectivity index (χ2n) is 5.04. The number of hydrogen-bond donors (Lipinski definition) is 2. The van der Waals surface area contributed by atoms with Gasteiger partial charge in [-0.2, -0.15) is 0 Å². The van der Waals surface area contributed by atoms with Gasteiger partial charge in [0.05, 0.1) is 12.6 Å². The summed E-state index contributed by atoms with van der Waals surface area (Å²) in [6.07, 6.45) is 5.26. The van der Waals surface area contributed by atoms with Crippen LogP contribution in [0.15, 0.2) is 0 Å². The SMILES string of the molecule is CN(CC(=O)NC1CC1)C(=O)[C@@H]1CCCCN1. The van der Waals surface area contributed by atoms with Crippen molar-refractivity contribution in [1.82, 2.24) is 15.5 Å². The number of likely N-dealkylation sites (N-methyl/N-ethyl adjacent to an activating group) is 1. The predicted molar refractivity (Wildman–Crippen MR) is 64.4 cm³/mol. The quantitative estimate of drug-likeness (QED) is 0.718. The number of carbonyl (C=O) groups is 2. The molecule has 2 N–H and O–H groups in total. The van der Waals surface area contributed by atoms with Crippen LogP contribution < -0.4 is 10.6 Å². The molecule has 0 aromatic heterocycles. The summed E-state index contributed by atoms with van der Waals surface area (Å²) in [6, 6.07) is 0.265. The Bertz CT molecular complexity index is 296. The summed E-state index contributed by atoms with van der Waals surface area (Å²) in [7, 11) is 1.70. The van der Waals surface area contributed by atoms with E-state index in [0.29, 0.717) is 6.04 Å². The molecule has 96 valence electrons. The van der Waals surface area contributed by atoms with E-state index in [1.807, 2.05) is 0 Å². The van der Waals surface area contributed by atoms with Crippen LogP contribution in [0.5, 0.6) is 0 Å². The molecule has 1 aliphatic heterocycles. The average molecular weight is 239 g/mol. The largest absolute Gasteiger partial charge is 0.352 e. The summed E-state index contributed by atoms with van der Waals surface area (Å²) >= 11 is 0. The first-order valence-electron chi connectivity index (χ1n) is 6.44. The van der Waals surface area contributed by atoms with Crippen molar-refractivity contribution in [3.8, 4) is 0 Å². The molecule has 5 heteroatoms. The Labute approximate surface area is 102 Å². The second-order valence-corrected chi connectivity index (χ2v) is 5.04. The maximum absolute atomic E-state index is 12.0. The van der Waals surface area contributed by atoms with E-state index in [1.165, 1.54) is 4.90 Å². The van der Waals surface area contributed by atoms with Gasteiger partial charge in [0.25, 0.3) is 0 Å². The van der Waals surface area contributed by atoms with Crippen LogP contribution >= 0.6 is 0 Å². The van der Waals surface area contributed by atoms with Gasteiger partial charge in [-0.3, -0.25) is 9.59 Å². The van der Waals surface area contributed by atoms with Gasteiger partial charge in [-0.1, -0.05) is 6.42 Å². The fourth-order valence-electron chi connectivity index (χ4n) is 2.12. The van der Waals surface area contributed by atoms with Crippen molar-refractivity contribution in [1.29, 1.82) is 0 Å². The van der Waals surface area contributed by atoms with Crippen LogP contribution in [0.25, 0.3) is 0 Å². The third-order valence-corrected chi connectivity index (χ3v) is 3.31. The zero-order chi connectivity index (χ0) is 12.3. The summed E-state index contributed by atoms with van der Waals surface area (Å²) in [5.41, 5.74) is 0. The van der Waals surface area contributed by atoms with Crippen LogP contribution in [0.4, 0.5) is 0 Å². The molecular weight excluding hydrogens is 218 g/mol. The predicted octanol–water partition coefficient (Wildman–Crippen LogP) is -0.134. The van der Waals surface area contributed by atoms with Gasteiger partial charge in [0, 0.05) is 13.1 Å². The number of piperidine rings is 1. The zero-order valence-corrected chi connectivity index (χ0v) is 10.4. The molecule has 1 aliphatic carbocycles. The zero-order valence-electron chi connectivity index (χ0n) is 10.4. The van der Waals surface area contributed by atoms with Crippen molar-refractivity contribution < 1.29 is 9.59 Å². The van der Waals surface area contributed by atoms with Crippen LogP contribution in [0, 0.1) is 0 Å². The Hall–Kier alpha value is -1.10. The summed E-state index contributed by atoms with van der Waals surface area (Å²) in [5.74, 6) is -0.00481. The van der Waals surface area contributed by atoms with Crippen LogP contribution in [0.2, 0.25) is 0 Å². The number of amides is 2. The summed E-state index contributed by atoms with van der Waals surface area (Å²) in [4.78, 5) is 25.1. The van der Waals surface area contributed by atoms with E-state index in [4.69, 9.17) is 0 Å². The number of hydrogen-bond acceptors (Lipinski definition) is 3. The minimum Gasteiger partial charge on any atom is -0.352 e. The highest BCUT2D eigenvalue weighted by atomic mass is 16.2. The van der Waals surface area contributed by atoms with E-state index in [2.05, 4.69) is 10.6 Å². The summed E-state index contributed by atoms with van der Waals surface area (Å²) < 4.78 is 0. The molecule has 1 saturated carbocycles. The standard InChI is InChI=1S/C12H21N3O2/c1-15(8-11(16)14-9-5-6-9)12(17)10-4-2-3-7-13-10/h9-10,13H,2-8H2,1H3,(H,14,16)/t10-/m0/s1. The van der Waals surface area contributed by atoms with Gasteiger partial charge in [-0.05, 0) is 32.2 Å². The lowest BCUT2D eigenvalue weighted by Crippen LogP contribution is -2.49. The van der Waals surface area contributed by atoms with Gasteiger partial charge < -0.3 is 15.5 Å². The summed E-state index contributed by atoms with van der Waals surface area (Å²) in [6.45, 7) is 1.08. The maximum Gasteiger partial charge on any atom is 0.239 e. The highest BCUT2D eigenvalue weighted by molar-refractivity contribution is 5.87. The van der Waals surface area contributed by atoms with Gasteiger partial charge in [0.15, 0.2) is 0 Å². The Kier molecular flexibility index (Phi) is 3.99. The van der Waals surface area contributed by atoms with Crippen molar-refractivity contribution >= 4 is 11.8 Å². The fraction of sp³-hybridized carbons (Fsp3) is 0.833. The number of rotatable bonds is 4. The van der Waals surface area contributed by atoms with E-state index >= 15 is 0 Å². The van der Waals surface area contributed by atoms with Gasteiger partial charge in [-0.25, -0.2) is 0 Å². The molecule has 2 fully saturated rings. The van der Waals surface area contributed by atoms with Crippen LogP contribution in [0.1, 0.15) is 32.1 Å². The molecule has 0 spiro atoms. The Morgan fingerprint density at radius 1 is 1.29 bits per heavy atom. The van der Waals surface area contributed by atoms with E-state index in [0.717, 1.165) is 38.6 Å². The molecule has 1 heterocycles. The molecule has 2 aliphatic rings. The molecule has 0 bridgehead atoms. The molecule has 1 atom stereocenters. The number of nitrogens with zero attached hydrogens (tertiary/aromatic N) is 1. The van der Waals surface area contributed by atoms with Crippen LogP contribution in [-0.2, 0) is 9.59 Å². The molecule has 17 heavy (non-hydrogen) atoms. The minimum absolute atomic E-state index is 0.0376. The molecule has 5 nitrogen and oxygen atoms in total. The van der Waals surface area contributed by atoms with Crippen molar-refractivity contribution in [3.05, 3.63) is 0 Å². The maximum atomic E-state index is 12.0. The van der Waals surface area contributed by atoms with Crippen molar-refractivity contribution in [3.63, 3.8) is 0 Å². The molecule has 0 aromatic rings. The molecule has 2 rings (SSSR count). The highest BCUT2D eigenvalue weighted by Crippen LogP contribution is 2.18. The molecular formula is C12H21N3O2. The first-order valence-corrected chi connectivity index (χ1v) is 6.44. The molecule has 0 radical (unpaired) electrons. The highest BCUT2D eigenvalue weighted by Gasteiger charge is 2.27. The van der Waals surface area contributed by atoms with E-state index in [-0.39, 0.29) is 24.4 Å². The second kappa shape index (κ2) is 5.49. The van der Waals surface area contributed by atoms with E-state index in [1.54, 1.807) is 7.05 Å². The number of nitrogens with one attached hydrogen (secondary N) is 2. The van der Waals surface area contributed by atoms with Crippen molar-refractivity contribution in [2.45, 2.75) is 44.2 Å². The molecule has 2 amide bonds. The van der Waals surface area contributed by atoms with E-state index < -0.39 is 0 Å². The first kappa shape index (κ1) is 12.4. The smallest absolute Gasteiger partial charge is 0.239 e. The monoisotopic (exact) mass is 239 g/mol. The van der Waals surface area contributed by atoms with Gasteiger partial charge in [0.2, 0.25) is 11.8 Å². The average Bonchev–Trinajstić information content (AvgIpc) is 3.12. The van der Waals surface area contributed by atoms with Crippen LogP contribution in [-0.4, -0.2) is 48.9 Å². The third-order valence-electron chi connectivity index (χ3n) is 3.31. The first-order chi connectivity index (χ1) is 8.16. The minimum atomic E-state index is -0.0949. The fourth-order valence-corrected chi connectivity index (χ4v) is 2.12. The lowest BCUT2D eigenvalue weighted by molar-refractivity contribution is -0.136. The van der Waals surface area contributed by atoms with Gasteiger partial charge in [0.1, 0.15) is 0 Å². The molecule has 0 aromatic carbocycles. The van der Waals surface area contributed by atoms with Crippen LogP contribution in [0.3, 0.4) is 0 Å². The van der Waals surface area contributed by atoms with E-state index in [9.17, 15) is 9.59 Å². The topological polar surface area (TPSA) is 61.4 Å². The lowest BCUT2D eigenvalue weighted by atomic mass is 10.0. The van der Waals surface area contributed by atoms with Gasteiger partial charge >= 0.3 is 0 Å². The van der Waals surface area contributed by atoms with Gasteiger partial charge in [-0.15, -0.1) is 0 Å². The Balaban J connectivity index is 1.74. The number of carbonyl (C=O) groups excluding carboxylic acids is 2. The van der Waals surface area contributed by atoms with Crippen molar-refractivity contribution in [2.75, 3.05) is 20.1 Å².